The van der Waals surface area contributed by atoms with Crippen LogP contribution in [0.3, 0.4) is 0 Å². The number of hydrogen-bond acceptors (Lipinski definition) is 2. The molecule has 128 valence electrons. The van der Waals surface area contributed by atoms with E-state index in [1.165, 1.54) is 11.1 Å². The van der Waals surface area contributed by atoms with Crippen LogP contribution in [0.5, 0.6) is 0 Å². The molecule has 2 atom stereocenters. The molecule has 0 unspecified atom stereocenters. The summed E-state index contributed by atoms with van der Waals surface area (Å²) >= 11 is 0. The van der Waals surface area contributed by atoms with E-state index in [4.69, 9.17) is 0 Å². The second kappa shape index (κ2) is 10.4. The summed E-state index contributed by atoms with van der Waals surface area (Å²) in [6.07, 6.45) is -0.770. The Hall–Kier alpha value is -1.82. The van der Waals surface area contributed by atoms with Crippen LogP contribution in [0.2, 0.25) is 0 Å². The fourth-order valence-corrected chi connectivity index (χ4v) is 3.14. The topological polar surface area (TPSA) is 35.1 Å². The van der Waals surface area contributed by atoms with E-state index in [-0.39, 0.29) is 30.8 Å². The Morgan fingerprint density at radius 1 is 0.692 bits per heavy atom. The van der Waals surface area contributed by atoms with Gasteiger partial charge in [0.25, 0.3) is 0 Å². The smallest absolute Gasteiger partial charge is 0.847 e. The fraction of sp³-hybridized carbons (Fsp3) is 0.217. The van der Waals surface area contributed by atoms with Gasteiger partial charge in [0.15, 0.2) is 0 Å². The predicted octanol–water partition coefficient (Wildman–Crippen LogP) is 0.902. The van der Waals surface area contributed by atoms with Crippen molar-refractivity contribution in [1.82, 2.24) is 5.32 Å². The van der Waals surface area contributed by atoms with Crippen molar-refractivity contribution in [2.45, 2.75) is 25.0 Å². The van der Waals surface area contributed by atoms with Gasteiger partial charge in [0.2, 0.25) is 0 Å². The van der Waals surface area contributed by atoms with Crippen LogP contribution in [-0.4, -0.2) is 12.6 Å². The molecule has 0 aromatic heterocycles. The largest absolute Gasteiger partial charge is 1.00 e. The van der Waals surface area contributed by atoms with Gasteiger partial charge in [-0.25, -0.2) is 0 Å². The zero-order valence-corrected chi connectivity index (χ0v) is 15.5. The molecule has 0 heterocycles. The minimum atomic E-state index is -0.770. The monoisotopic (exact) mass is 337 g/mol. The van der Waals surface area contributed by atoms with Crippen LogP contribution in [-0.2, 0) is 0 Å². The number of hydrogen-bond donors (Lipinski definition) is 1. The standard InChI is InChI=1S/C23H24NO.Li/c1-18(23(25)21-15-9-4-10-16-21)24-17-22(19-11-5-2-6-12-19)20-13-7-3-8-14-20;/h2-16,18,22-24H,17H2,1H3;/q-1;+1/t18-,23-;/m0./s1. The Balaban J connectivity index is 0.00000243. The van der Waals surface area contributed by atoms with Gasteiger partial charge in [-0.1, -0.05) is 110 Å². The maximum Gasteiger partial charge on any atom is 1.00 e. The van der Waals surface area contributed by atoms with Gasteiger partial charge in [-0.3, -0.25) is 0 Å². The Morgan fingerprint density at radius 2 is 1.08 bits per heavy atom. The molecule has 3 aromatic carbocycles. The van der Waals surface area contributed by atoms with Crippen LogP contribution in [0.1, 0.15) is 35.6 Å². The number of benzene rings is 3. The summed E-state index contributed by atoms with van der Waals surface area (Å²) in [6.45, 7) is 2.71. The zero-order chi connectivity index (χ0) is 17.5. The summed E-state index contributed by atoms with van der Waals surface area (Å²) in [5.41, 5.74) is 3.35. The second-order valence-corrected chi connectivity index (χ2v) is 6.40. The first kappa shape index (κ1) is 20.5. The summed E-state index contributed by atoms with van der Waals surface area (Å²) in [5.74, 6) is 0.229. The molecule has 0 fully saturated rings. The van der Waals surface area contributed by atoms with Crippen LogP contribution in [0.15, 0.2) is 91.0 Å². The van der Waals surface area contributed by atoms with Gasteiger partial charge in [-0.05, 0) is 17.2 Å². The van der Waals surface area contributed by atoms with Crippen molar-refractivity contribution in [2.24, 2.45) is 0 Å². The maximum absolute atomic E-state index is 12.7. The quantitative estimate of drug-likeness (QED) is 0.650. The molecule has 26 heavy (non-hydrogen) atoms. The molecule has 0 aliphatic rings. The first-order chi connectivity index (χ1) is 12.3. The van der Waals surface area contributed by atoms with E-state index in [0.717, 1.165) is 12.1 Å². The second-order valence-electron chi connectivity index (χ2n) is 6.40. The van der Waals surface area contributed by atoms with Crippen molar-refractivity contribution < 1.29 is 24.0 Å². The zero-order valence-electron chi connectivity index (χ0n) is 15.5. The van der Waals surface area contributed by atoms with E-state index in [2.05, 4.69) is 53.8 Å². The van der Waals surface area contributed by atoms with Gasteiger partial charge < -0.3 is 10.4 Å². The van der Waals surface area contributed by atoms with Crippen LogP contribution in [0.25, 0.3) is 0 Å². The van der Waals surface area contributed by atoms with Gasteiger partial charge in [0, 0.05) is 12.5 Å². The third-order valence-corrected chi connectivity index (χ3v) is 4.63. The molecule has 0 spiro atoms. The molecular weight excluding hydrogens is 313 g/mol. The van der Waals surface area contributed by atoms with E-state index < -0.39 is 6.10 Å². The van der Waals surface area contributed by atoms with Crippen LogP contribution in [0.4, 0.5) is 0 Å². The number of rotatable bonds is 7. The molecule has 0 saturated heterocycles. The van der Waals surface area contributed by atoms with Crippen molar-refractivity contribution >= 4 is 0 Å². The minimum Gasteiger partial charge on any atom is -0.847 e. The van der Waals surface area contributed by atoms with Crippen molar-refractivity contribution in [1.29, 1.82) is 0 Å². The molecule has 0 radical (unpaired) electrons. The Morgan fingerprint density at radius 3 is 1.50 bits per heavy atom. The average Bonchev–Trinajstić information content (AvgIpc) is 2.70. The van der Waals surface area contributed by atoms with Gasteiger partial charge in [-0.15, -0.1) is 0 Å². The van der Waals surface area contributed by atoms with Crippen LogP contribution >= 0.6 is 0 Å². The van der Waals surface area contributed by atoms with E-state index in [0.29, 0.717) is 0 Å². The SMILES string of the molecule is C[C@H](NCC(c1ccccc1)c1ccccc1)[C@H]([O-])c1ccccc1.[Li+]. The normalized spacial score (nSPS) is 13.0. The molecule has 0 aliphatic heterocycles. The van der Waals surface area contributed by atoms with Gasteiger partial charge in [0.05, 0.1) is 0 Å². The van der Waals surface area contributed by atoms with Crippen molar-refractivity contribution in [3.63, 3.8) is 0 Å². The third-order valence-electron chi connectivity index (χ3n) is 4.63. The Labute approximate surface area is 168 Å². The summed E-state index contributed by atoms with van der Waals surface area (Å²) in [7, 11) is 0. The van der Waals surface area contributed by atoms with Crippen LogP contribution in [0, 0.1) is 0 Å². The summed E-state index contributed by atoms with van der Waals surface area (Å²) < 4.78 is 0. The molecule has 0 amide bonds. The van der Waals surface area contributed by atoms with Crippen molar-refractivity contribution in [2.75, 3.05) is 6.54 Å². The molecule has 3 aromatic rings. The molecule has 0 saturated carbocycles. The third kappa shape index (κ3) is 5.34. The number of nitrogens with one attached hydrogen (secondary N) is 1. The fourth-order valence-electron chi connectivity index (χ4n) is 3.14. The van der Waals surface area contributed by atoms with Crippen molar-refractivity contribution in [3.05, 3.63) is 108 Å². The molecular formula is C23H24LiNO. The molecule has 0 bridgehead atoms. The van der Waals surface area contributed by atoms with Gasteiger partial charge in [0.1, 0.15) is 0 Å². The molecule has 3 rings (SSSR count). The Kier molecular flexibility index (Phi) is 8.16. The van der Waals surface area contributed by atoms with E-state index in [1.54, 1.807) is 0 Å². The first-order valence-corrected chi connectivity index (χ1v) is 8.79. The van der Waals surface area contributed by atoms with Gasteiger partial charge >= 0.3 is 18.9 Å². The molecule has 3 heteroatoms. The van der Waals surface area contributed by atoms with Crippen LogP contribution < -0.4 is 29.3 Å². The van der Waals surface area contributed by atoms with E-state index >= 15 is 0 Å². The maximum atomic E-state index is 12.7. The summed E-state index contributed by atoms with van der Waals surface area (Å²) in [5, 5.41) is 16.1. The van der Waals surface area contributed by atoms with Gasteiger partial charge in [-0.2, -0.15) is 0 Å². The van der Waals surface area contributed by atoms with Crippen molar-refractivity contribution in [3.8, 4) is 0 Å². The molecule has 2 nitrogen and oxygen atoms in total. The minimum absolute atomic E-state index is 0. The predicted molar refractivity (Wildman–Crippen MR) is 101 cm³/mol. The first-order valence-electron chi connectivity index (χ1n) is 8.79. The van der Waals surface area contributed by atoms with E-state index in [9.17, 15) is 5.11 Å². The molecule has 1 N–H and O–H groups in total. The summed E-state index contributed by atoms with van der Waals surface area (Å²) in [4.78, 5) is 0. The molecule has 0 aliphatic carbocycles. The summed E-state index contributed by atoms with van der Waals surface area (Å²) in [6, 6.07) is 30.4. The van der Waals surface area contributed by atoms with E-state index in [1.807, 2.05) is 49.4 Å². The average molecular weight is 337 g/mol. The Bertz CT molecular complexity index is 709.